The number of aliphatic imine (C=N–C) groups is 1. The number of rotatable bonds is 2. The molecule has 0 atom stereocenters. The summed E-state index contributed by atoms with van der Waals surface area (Å²) in [5.74, 6) is 1.18. The van der Waals surface area contributed by atoms with Crippen LogP contribution in [0, 0.1) is 0 Å². The Bertz CT molecular complexity index is 324. The topological polar surface area (TPSA) is 47.6 Å². The fraction of sp³-hybridized carbons (Fsp3) is 0.182. The first-order chi connectivity index (χ1) is 6.79. The van der Waals surface area contributed by atoms with Crippen molar-refractivity contribution >= 4 is 5.84 Å². The van der Waals surface area contributed by atoms with Gasteiger partial charge in [0.25, 0.3) is 0 Å². The first kappa shape index (κ1) is 10.3. The molecule has 1 heterocycles. The van der Waals surface area contributed by atoms with Crippen molar-refractivity contribution in [2.45, 2.75) is 0 Å². The monoisotopic (exact) mass is 190 g/mol. The van der Waals surface area contributed by atoms with Crippen molar-refractivity contribution in [3.8, 4) is 0 Å². The van der Waals surface area contributed by atoms with Crippen LogP contribution in [0.25, 0.3) is 0 Å². The van der Waals surface area contributed by atoms with Gasteiger partial charge in [0.1, 0.15) is 18.2 Å². The molecule has 0 spiro atoms. The van der Waals surface area contributed by atoms with Crippen LogP contribution in [0.3, 0.4) is 0 Å². The highest BCUT2D eigenvalue weighted by Gasteiger charge is 2.12. The molecule has 1 rings (SSSR count). The van der Waals surface area contributed by atoms with Gasteiger partial charge in [0, 0.05) is 0 Å². The van der Waals surface area contributed by atoms with E-state index in [0.717, 1.165) is 5.57 Å². The SMILES string of the molecule is C=C/C=C1/C(N)=NCCO/C1=C/C=C. The highest BCUT2D eigenvalue weighted by molar-refractivity contribution is 6.01. The predicted molar refractivity (Wildman–Crippen MR) is 59.0 cm³/mol. The van der Waals surface area contributed by atoms with E-state index in [1.807, 2.05) is 0 Å². The Morgan fingerprint density at radius 1 is 1.29 bits per heavy atom. The van der Waals surface area contributed by atoms with Crippen LogP contribution < -0.4 is 5.73 Å². The molecule has 0 saturated heterocycles. The Kier molecular flexibility index (Phi) is 3.73. The minimum Gasteiger partial charge on any atom is -0.491 e. The van der Waals surface area contributed by atoms with Gasteiger partial charge in [-0.05, 0) is 12.2 Å². The van der Waals surface area contributed by atoms with E-state index >= 15 is 0 Å². The number of nitrogens with two attached hydrogens (primary N) is 1. The van der Waals surface area contributed by atoms with E-state index in [-0.39, 0.29) is 0 Å². The van der Waals surface area contributed by atoms with E-state index in [0.29, 0.717) is 24.7 Å². The summed E-state index contributed by atoms with van der Waals surface area (Å²) in [7, 11) is 0. The van der Waals surface area contributed by atoms with Crippen molar-refractivity contribution in [3.05, 3.63) is 48.8 Å². The first-order valence-electron chi connectivity index (χ1n) is 4.38. The molecule has 3 nitrogen and oxygen atoms in total. The van der Waals surface area contributed by atoms with Crippen LogP contribution in [0.4, 0.5) is 0 Å². The average Bonchev–Trinajstić information content (AvgIpc) is 2.33. The van der Waals surface area contributed by atoms with Gasteiger partial charge in [-0.3, -0.25) is 4.99 Å². The lowest BCUT2D eigenvalue weighted by atomic mass is 10.1. The number of ether oxygens (including phenoxy) is 1. The lowest BCUT2D eigenvalue weighted by molar-refractivity contribution is 0.235. The van der Waals surface area contributed by atoms with Crippen molar-refractivity contribution in [2.75, 3.05) is 13.2 Å². The van der Waals surface area contributed by atoms with E-state index in [4.69, 9.17) is 10.5 Å². The molecule has 0 amide bonds. The lowest BCUT2D eigenvalue weighted by Crippen LogP contribution is -2.15. The molecule has 2 N–H and O–H groups in total. The van der Waals surface area contributed by atoms with Gasteiger partial charge in [0.05, 0.1) is 12.1 Å². The van der Waals surface area contributed by atoms with Crippen molar-refractivity contribution in [2.24, 2.45) is 10.7 Å². The van der Waals surface area contributed by atoms with Crippen LogP contribution in [0.1, 0.15) is 0 Å². The molecule has 0 aliphatic carbocycles. The number of amidine groups is 1. The highest BCUT2D eigenvalue weighted by Crippen LogP contribution is 2.15. The van der Waals surface area contributed by atoms with Crippen LogP contribution in [0.15, 0.2) is 53.8 Å². The fourth-order valence-electron chi connectivity index (χ4n) is 1.14. The molecule has 74 valence electrons. The molecular formula is C11H14N2O. The summed E-state index contributed by atoms with van der Waals surface area (Å²) in [4.78, 5) is 4.13. The van der Waals surface area contributed by atoms with Gasteiger partial charge in [-0.2, -0.15) is 0 Å². The van der Waals surface area contributed by atoms with Crippen molar-refractivity contribution in [1.29, 1.82) is 0 Å². The van der Waals surface area contributed by atoms with Crippen LogP contribution >= 0.6 is 0 Å². The lowest BCUT2D eigenvalue weighted by Gasteiger charge is -2.07. The maximum atomic E-state index is 5.76. The molecule has 0 bridgehead atoms. The predicted octanol–water partition coefficient (Wildman–Crippen LogP) is 1.56. The van der Waals surface area contributed by atoms with Gasteiger partial charge < -0.3 is 10.5 Å². The Morgan fingerprint density at radius 2 is 2.00 bits per heavy atom. The highest BCUT2D eigenvalue weighted by atomic mass is 16.5. The Hall–Kier alpha value is -1.77. The summed E-state index contributed by atoms with van der Waals surface area (Å²) in [6, 6.07) is 0. The van der Waals surface area contributed by atoms with Gasteiger partial charge in [-0.15, -0.1) is 0 Å². The molecule has 0 fully saturated rings. The maximum absolute atomic E-state index is 5.76. The summed E-state index contributed by atoms with van der Waals surface area (Å²) in [6.45, 7) is 8.35. The van der Waals surface area contributed by atoms with E-state index in [9.17, 15) is 0 Å². The number of hydrogen-bond acceptors (Lipinski definition) is 3. The molecule has 14 heavy (non-hydrogen) atoms. The van der Waals surface area contributed by atoms with Gasteiger partial charge in [0.2, 0.25) is 0 Å². The van der Waals surface area contributed by atoms with Crippen LogP contribution in [0.5, 0.6) is 0 Å². The molecule has 0 aromatic heterocycles. The minimum absolute atomic E-state index is 0.482. The molecule has 0 unspecified atom stereocenters. The smallest absolute Gasteiger partial charge is 0.130 e. The molecule has 3 heteroatoms. The molecule has 1 aliphatic heterocycles. The van der Waals surface area contributed by atoms with Gasteiger partial charge in [-0.25, -0.2) is 0 Å². The van der Waals surface area contributed by atoms with E-state index in [2.05, 4.69) is 18.2 Å². The first-order valence-corrected chi connectivity index (χ1v) is 4.38. The maximum Gasteiger partial charge on any atom is 0.130 e. The Labute approximate surface area is 84.0 Å². The second kappa shape index (κ2) is 5.07. The molecule has 0 aromatic carbocycles. The third-order valence-electron chi connectivity index (χ3n) is 1.73. The second-order valence-electron chi connectivity index (χ2n) is 2.70. The van der Waals surface area contributed by atoms with Gasteiger partial charge >= 0.3 is 0 Å². The molecule has 0 radical (unpaired) electrons. The normalized spacial score (nSPS) is 22.4. The number of hydrogen-bond donors (Lipinski definition) is 1. The van der Waals surface area contributed by atoms with Crippen LogP contribution in [-0.4, -0.2) is 19.0 Å². The standard InChI is InChI=1S/C11H14N2O/c1-3-5-9-10(6-4-2)14-8-7-13-11(9)12/h3-6H,1-2,7-8H2,(H2,12,13)/b9-5+,10-6+. The minimum atomic E-state index is 0.482. The van der Waals surface area contributed by atoms with Crippen molar-refractivity contribution in [1.82, 2.24) is 0 Å². The fourth-order valence-corrected chi connectivity index (χ4v) is 1.14. The second-order valence-corrected chi connectivity index (χ2v) is 2.70. The van der Waals surface area contributed by atoms with E-state index < -0.39 is 0 Å². The zero-order valence-electron chi connectivity index (χ0n) is 8.07. The Balaban J connectivity index is 3.09. The third kappa shape index (κ3) is 2.36. The number of nitrogens with zero attached hydrogens (tertiary/aromatic N) is 1. The molecule has 1 aliphatic rings. The molecular weight excluding hydrogens is 176 g/mol. The summed E-state index contributed by atoms with van der Waals surface area (Å²) in [5.41, 5.74) is 6.53. The Morgan fingerprint density at radius 3 is 2.64 bits per heavy atom. The molecule has 0 saturated carbocycles. The summed E-state index contributed by atoms with van der Waals surface area (Å²) in [5, 5.41) is 0. The van der Waals surface area contributed by atoms with Gasteiger partial charge in [0.15, 0.2) is 0 Å². The van der Waals surface area contributed by atoms with E-state index in [1.165, 1.54) is 0 Å². The van der Waals surface area contributed by atoms with Crippen molar-refractivity contribution < 1.29 is 4.74 Å². The summed E-state index contributed by atoms with van der Waals surface area (Å²) < 4.78 is 5.46. The third-order valence-corrected chi connectivity index (χ3v) is 1.73. The zero-order chi connectivity index (χ0) is 10.4. The van der Waals surface area contributed by atoms with Gasteiger partial charge in [-0.1, -0.05) is 25.3 Å². The zero-order valence-corrected chi connectivity index (χ0v) is 8.07. The average molecular weight is 190 g/mol. The number of allylic oxidation sites excluding steroid dienone is 4. The largest absolute Gasteiger partial charge is 0.491 e. The van der Waals surface area contributed by atoms with Crippen LogP contribution in [-0.2, 0) is 4.74 Å². The van der Waals surface area contributed by atoms with Crippen LogP contribution in [0.2, 0.25) is 0 Å². The summed E-state index contributed by atoms with van der Waals surface area (Å²) >= 11 is 0. The quantitative estimate of drug-likeness (QED) is 0.718. The van der Waals surface area contributed by atoms with Crippen molar-refractivity contribution in [3.63, 3.8) is 0 Å². The molecule has 0 aromatic rings. The van der Waals surface area contributed by atoms with E-state index in [1.54, 1.807) is 24.3 Å². The summed E-state index contributed by atoms with van der Waals surface area (Å²) in [6.07, 6.45) is 6.86.